The number of phenols is 2. The standard InChI is InChI=1S/C14H12O4.C14H12O3.C5H10.H2O22/c15-13-8-11(6-7-12(13)14(16)17)18-9-10-4-2-1-3-5-10;15-9-12-6-7-13(8-14(12)16)17-10-11-4-2-1-3-5-11;1-4-5(2)3;1-3-5-7-9-11-13-15-17-19-21-22-20-18-16-14-12-10-8-6-4-2/h1-8,15H,9H2,(H,16,17);1-9,16H,10H2;4H,1-3H3;1-2H. The van der Waals surface area contributed by atoms with Gasteiger partial charge < -0.3 is 24.8 Å². The smallest absolute Gasteiger partial charge is 0.339 e. The highest BCUT2D eigenvalue weighted by Crippen LogP contribution is 2.25. The minimum atomic E-state index is -1.16. The Morgan fingerprint density at radius 2 is 0.855 bits per heavy atom. The Balaban J connectivity index is 0.000000442. The molecule has 0 aliphatic rings. The Kier molecular flexibility index (Phi) is 32.2. The molecule has 0 spiro atoms. The third-order valence-corrected chi connectivity index (χ3v) is 5.94. The number of benzene rings is 4. The van der Waals surface area contributed by atoms with Crippen LogP contribution in [0.1, 0.15) is 52.6 Å². The van der Waals surface area contributed by atoms with Gasteiger partial charge in [-0.1, -0.05) is 72.3 Å². The fourth-order valence-electron chi connectivity index (χ4n) is 3.18. The van der Waals surface area contributed by atoms with Crippen molar-refractivity contribution in [3.63, 3.8) is 0 Å². The Bertz CT molecular complexity index is 1720. The van der Waals surface area contributed by atoms with Gasteiger partial charge in [-0.25, -0.2) is 15.3 Å². The molecule has 4 aromatic rings. The first kappa shape index (κ1) is 54.1. The van der Waals surface area contributed by atoms with Crippen molar-refractivity contribution in [2.75, 3.05) is 0 Å². The first-order valence-electron chi connectivity index (χ1n) is 16.0. The lowest BCUT2D eigenvalue weighted by Crippen LogP contribution is -2.05. The second kappa shape index (κ2) is 36.9. The number of hydrogen-bond donors (Lipinski definition) is 5. The molecule has 4 rings (SSSR count). The predicted octanol–water partition coefficient (Wildman–Crippen LogP) is 6.08. The Morgan fingerprint density at radius 1 is 0.516 bits per heavy atom. The zero-order chi connectivity index (χ0) is 45.5. The second-order valence-corrected chi connectivity index (χ2v) is 10.1. The van der Waals surface area contributed by atoms with Gasteiger partial charge in [0.15, 0.2) is 6.29 Å². The van der Waals surface area contributed by atoms with E-state index in [9.17, 15) is 19.8 Å². The third-order valence-electron chi connectivity index (χ3n) is 5.94. The van der Waals surface area contributed by atoms with Crippen LogP contribution < -0.4 is 9.47 Å². The second-order valence-electron chi connectivity index (χ2n) is 10.1. The van der Waals surface area contributed by atoms with E-state index in [2.05, 4.69) is 121 Å². The minimum Gasteiger partial charge on any atom is -0.507 e. The average Bonchev–Trinajstić information content (AvgIpc) is 3.28. The molecule has 0 aromatic heterocycles. The number of carbonyl (C=O) groups excluding carboxylic acids is 1. The lowest BCUT2D eigenvalue weighted by atomic mass is 10.2. The molecular weight excluding hydrogens is 860 g/mol. The van der Waals surface area contributed by atoms with Crippen molar-refractivity contribution >= 4 is 12.3 Å². The van der Waals surface area contributed by atoms with E-state index in [1.165, 1.54) is 35.9 Å². The maximum atomic E-state index is 10.7. The molecule has 0 unspecified atom stereocenters. The van der Waals surface area contributed by atoms with Gasteiger partial charge in [0, 0.05) is 32.3 Å². The van der Waals surface area contributed by atoms with E-state index in [-0.39, 0.29) is 22.6 Å². The Morgan fingerprint density at radius 3 is 1.15 bits per heavy atom. The van der Waals surface area contributed by atoms with Crippen LogP contribution in [-0.4, -0.2) is 38.1 Å². The summed E-state index contributed by atoms with van der Waals surface area (Å²) < 4.78 is 11.0. The van der Waals surface area contributed by atoms with E-state index in [4.69, 9.17) is 25.1 Å². The molecule has 0 heterocycles. The Hall–Kier alpha value is -5.92. The van der Waals surface area contributed by atoms with Crippen LogP contribution in [0.4, 0.5) is 0 Å². The van der Waals surface area contributed by atoms with Gasteiger partial charge in [-0.05, 0) is 137 Å². The van der Waals surface area contributed by atoms with Crippen LogP contribution >= 0.6 is 0 Å². The van der Waals surface area contributed by atoms with Gasteiger partial charge in [-0.3, -0.25) is 4.79 Å². The quantitative estimate of drug-likeness (QED) is 0.0149. The number of aromatic hydroxyl groups is 2. The van der Waals surface area contributed by atoms with Crippen molar-refractivity contribution in [2.24, 2.45) is 0 Å². The number of carbonyl (C=O) groups is 2. The normalized spacial score (nSPS) is 10.1. The number of rotatable bonds is 27. The topological polar surface area (TPSA) is 338 Å². The average molecular weight is 897 g/mol. The lowest BCUT2D eigenvalue weighted by Gasteiger charge is -2.07. The number of hydrogen-bond acceptors (Lipinski definition) is 28. The van der Waals surface area contributed by atoms with E-state index in [0.717, 1.165) is 11.1 Å². The molecule has 0 fully saturated rings. The molecule has 62 heavy (non-hydrogen) atoms. The van der Waals surface area contributed by atoms with Gasteiger partial charge in [-0.2, -0.15) is 0 Å². The number of carboxylic acids is 1. The largest absolute Gasteiger partial charge is 0.507 e. The van der Waals surface area contributed by atoms with Crippen LogP contribution in [0.15, 0.2) is 109 Å². The first-order chi connectivity index (χ1) is 30.1. The van der Waals surface area contributed by atoms with Crippen molar-refractivity contribution in [3.8, 4) is 23.0 Å². The molecule has 0 aliphatic carbocycles. The van der Waals surface area contributed by atoms with Crippen LogP contribution in [0.3, 0.4) is 0 Å². The van der Waals surface area contributed by atoms with Crippen molar-refractivity contribution < 1.29 is 146 Å². The number of aromatic carboxylic acids is 1. The van der Waals surface area contributed by atoms with Gasteiger partial charge in [0.1, 0.15) is 41.8 Å². The maximum Gasteiger partial charge on any atom is 0.339 e. The summed E-state index contributed by atoms with van der Waals surface area (Å²) in [5.41, 5.74) is 3.55. The molecule has 0 saturated heterocycles. The van der Waals surface area contributed by atoms with Gasteiger partial charge in [0.05, 0.1) is 5.56 Å². The Labute approximate surface area is 346 Å². The van der Waals surface area contributed by atoms with Crippen LogP contribution in [0.2, 0.25) is 0 Å². The first-order valence-corrected chi connectivity index (χ1v) is 16.0. The molecule has 0 amide bonds. The van der Waals surface area contributed by atoms with Crippen molar-refractivity contribution in [2.45, 2.75) is 34.0 Å². The number of carboxylic acid groups (broad SMARTS) is 1. The van der Waals surface area contributed by atoms with Crippen molar-refractivity contribution in [1.82, 2.24) is 0 Å². The molecule has 0 radical (unpaired) electrons. The van der Waals surface area contributed by atoms with E-state index in [1.54, 1.807) is 6.07 Å². The summed E-state index contributed by atoms with van der Waals surface area (Å²) in [6.07, 6.45) is 2.69. The monoisotopic (exact) mass is 896 g/mol. The highest BCUT2D eigenvalue weighted by Gasteiger charge is 2.10. The number of aldehydes is 1. The van der Waals surface area contributed by atoms with E-state index >= 15 is 0 Å². The summed E-state index contributed by atoms with van der Waals surface area (Å²) >= 11 is 0. The molecule has 0 bridgehead atoms. The minimum absolute atomic E-state index is 0.0643. The molecular formula is C33H36O29. The van der Waals surface area contributed by atoms with Crippen LogP contribution in [0.25, 0.3) is 0 Å². The number of allylic oxidation sites excluding steroid dienone is 2. The van der Waals surface area contributed by atoms with Crippen LogP contribution in [-0.2, 0) is 114 Å². The van der Waals surface area contributed by atoms with Gasteiger partial charge in [0.2, 0.25) is 0 Å². The summed E-state index contributed by atoms with van der Waals surface area (Å²) in [6, 6.07) is 28.1. The fraction of sp³-hybridized carbons (Fsp3) is 0.152. The van der Waals surface area contributed by atoms with Gasteiger partial charge in [-0.15, -0.1) is 0 Å². The number of ether oxygens (including phenoxy) is 2. The van der Waals surface area contributed by atoms with Crippen molar-refractivity contribution in [3.05, 3.63) is 131 Å². The predicted molar refractivity (Wildman–Crippen MR) is 182 cm³/mol. The summed E-state index contributed by atoms with van der Waals surface area (Å²) in [4.78, 5) is 21.2. The summed E-state index contributed by atoms with van der Waals surface area (Å²) in [5, 5.41) is 110. The third kappa shape index (κ3) is 28.5. The van der Waals surface area contributed by atoms with E-state index in [1.807, 2.05) is 67.6 Å². The molecule has 0 aliphatic heterocycles. The van der Waals surface area contributed by atoms with Crippen LogP contribution in [0, 0.1) is 0 Å². The highest BCUT2D eigenvalue weighted by atomic mass is 18.0. The lowest BCUT2D eigenvalue weighted by molar-refractivity contribution is -0.896. The zero-order valence-corrected chi connectivity index (χ0v) is 31.8. The fourth-order valence-corrected chi connectivity index (χ4v) is 3.18. The van der Waals surface area contributed by atoms with Crippen LogP contribution in [0.5, 0.6) is 23.0 Å². The molecule has 29 heteroatoms. The zero-order valence-electron chi connectivity index (χ0n) is 31.8. The summed E-state index contributed by atoms with van der Waals surface area (Å²) in [6.45, 7) is 7.00. The SMILES string of the molecule is CC=C(C)C.O=C(O)c1ccc(OCc2ccccc2)cc1O.O=Cc1ccc(OCc2ccccc2)cc1O.OOOOOOOOOOOOOOOOOOOOOO. The molecule has 0 atom stereocenters. The molecule has 29 nitrogen and oxygen atoms in total. The van der Waals surface area contributed by atoms with Gasteiger partial charge in [0.25, 0.3) is 0 Å². The van der Waals surface area contributed by atoms with E-state index < -0.39 is 5.97 Å². The number of phenolic OH excluding ortho intramolecular Hbond substituents is 1. The maximum absolute atomic E-state index is 10.7. The molecule has 5 N–H and O–H groups in total. The summed E-state index contributed by atoms with van der Waals surface area (Å²) in [7, 11) is 0. The molecule has 0 saturated carbocycles. The molecule has 4 aromatic carbocycles. The van der Waals surface area contributed by atoms with Crippen molar-refractivity contribution in [1.29, 1.82) is 0 Å². The van der Waals surface area contributed by atoms with Gasteiger partial charge >= 0.3 is 5.97 Å². The summed E-state index contributed by atoms with van der Waals surface area (Å²) in [5.74, 6) is -0.556. The molecule has 342 valence electrons. The van der Waals surface area contributed by atoms with E-state index in [0.29, 0.717) is 31.0 Å². The highest BCUT2D eigenvalue weighted by molar-refractivity contribution is 5.90.